The number of hydrogen-bond acceptors (Lipinski definition) is 6. The van der Waals surface area contributed by atoms with Crippen LogP contribution in [0.3, 0.4) is 0 Å². The van der Waals surface area contributed by atoms with Crippen molar-refractivity contribution in [2.24, 2.45) is 0 Å². The number of nitrogens with zero attached hydrogens (tertiary/aromatic N) is 3. The normalized spacial score (nSPS) is 12.0. The molecule has 4 aromatic rings. The molecule has 0 spiro atoms. The van der Waals surface area contributed by atoms with Gasteiger partial charge in [-0.15, -0.1) is 0 Å². The molecule has 2 aliphatic heterocycles. The molecule has 8 heteroatoms. The molecule has 3 aromatic heterocycles. The molecular weight excluding hydrogens is 1010 g/mol. The molecule has 8 bridgehead atoms. The number of aromatic amines is 1. The molecule has 0 radical (unpaired) electrons. The van der Waals surface area contributed by atoms with Crippen LogP contribution in [0.1, 0.15) is 307 Å². The van der Waals surface area contributed by atoms with Crippen molar-refractivity contribution in [1.82, 2.24) is 19.7 Å². The predicted molar refractivity (Wildman–Crippen MR) is 353 cm³/mol. The maximum absolute atomic E-state index is 7.41. The van der Waals surface area contributed by atoms with Gasteiger partial charge in [-0.05, 0) is 80.2 Å². The van der Waals surface area contributed by atoms with Crippen LogP contribution in [0.5, 0.6) is 17.2 Å². The summed E-state index contributed by atoms with van der Waals surface area (Å²) in [4.78, 5) is 21.4. The van der Waals surface area contributed by atoms with Crippen molar-refractivity contribution in [3.05, 3.63) is 77.4 Å². The Balaban J connectivity index is 1.44. The highest BCUT2D eigenvalue weighted by molar-refractivity contribution is 5.99. The quantitative estimate of drug-likeness (QED) is 0.0383. The number of hydrogen-bond donors (Lipinski definition) is 1. The Labute approximate surface area is 499 Å². The summed E-state index contributed by atoms with van der Waals surface area (Å²) in [6.07, 6.45) is 58.9. The summed E-state index contributed by atoms with van der Waals surface area (Å²) in [6, 6.07) is 19.3. The highest BCUT2D eigenvalue weighted by atomic mass is 16.7. The van der Waals surface area contributed by atoms with Gasteiger partial charge in [0.15, 0.2) is 17.0 Å². The van der Waals surface area contributed by atoms with E-state index in [2.05, 4.69) is 116 Å². The lowest BCUT2D eigenvalue weighted by atomic mass is 10.1. The summed E-state index contributed by atoms with van der Waals surface area (Å²) in [5.41, 5.74) is 8.89. The predicted octanol–water partition coefficient (Wildman–Crippen LogP) is 23.0. The third kappa shape index (κ3) is 24.7. The van der Waals surface area contributed by atoms with Crippen molar-refractivity contribution in [2.45, 2.75) is 285 Å². The molecule has 2 aliphatic rings. The van der Waals surface area contributed by atoms with Crippen LogP contribution in [-0.2, 0) is 0 Å². The van der Waals surface area contributed by atoms with E-state index >= 15 is 0 Å². The van der Waals surface area contributed by atoms with E-state index in [1.54, 1.807) is 0 Å². The fourth-order valence-corrected chi connectivity index (χ4v) is 11.7. The molecule has 0 aliphatic carbocycles. The second-order valence-electron chi connectivity index (χ2n) is 24.0. The molecule has 0 fully saturated rings. The molecule has 0 atom stereocenters. The highest BCUT2D eigenvalue weighted by Crippen LogP contribution is 2.46. The molecule has 0 saturated heterocycles. The van der Waals surface area contributed by atoms with E-state index in [9.17, 15) is 0 Å². The van der Waals surface area contributed by atoms with Crippen molar-refractivity contribution in [1.29, 1.82) is 0 Å². The Hall–Kier alpha value is -4.98. The number of aromatic nitrogens is 4. The number of fused-ring (bicyclic) bond motifs is 8. The summed E-state index contributed by atoms with van der Waals surface area (Å²) in [6.45, 7) is 11.5. The molecule has 8 nitrogen and oxygen atoms in total. The summed E-state index contributed by atoms with van der Waals surface area (Å²) < 4.78 is 23.8. The SMILES string of the molecule is CCCCCCCCCCCCOc1cc2cc3nc(cc4nc(cc5c(-c6ccccc6)c(OCCCCCCCCCCCC)c(c(OCCCCCCCCCCCC)c1[nH]2)n5OCCCCCCCCCCCC)C=C4)C=C3. The number of benzene rings is 1. The lowest BCUT2D eigenvalue weighted by Crippen LogP contribution is -2.14. The summed E-state index contributed by atoms with van der Waals surface area (Å²) >= 11 is 0. The Morgan fingerprint density at radius 3 is 1.17 bits per heavy atom. The summed E-state index contributed by atoms with van der Waals surface area (Å²) in [5.74, 6) is 2.25. The first-order chi connectivity index (χ1) is 40.6. The average molecular weight is 1120 g/mol. The van der Waals surface area contributed by atoms with Crippen LogP contribution < -0.4 is 19.0 Å². The second-order valence-corrected chi connectivity index (χ2v) is 24.0. The van der Waals surface area contributed by atoms with Crippen LogP contribution in [0.25, 0.3) is 57.5 Å². The molecule has 454 valence electrons. The minimum absolute atomic E-state index is 0.556. The van der Waals surface area contributed by atoms with E-state index in [1.165, 1.54) is 205 Å². The van der Waals surface area contributed by atoms with E-state index in [1.807, 2.05) is 0 Å². The van der Waals surface area contributed by atoms with Gasteiger partial charge in [0.2, 0.25) is 0 Å². The zero-order valence-corrected chi connectivity index (χ0v) is 52.6. The minimum Gasteiger partial charge on any atom is -0.491 e. The van der Waals surface area contributed by atoms with Crippen molar-refractivity contribution in [2.75, 3.05) is 26.4 Å². The van der Waals surface area contributed by atoms with E-state index in [4.69, 9.17) is 29.0 Å². The number of H-pyrrole nitrogens is 1. The van der Waals surface area contributed by atoms with Gasteiger partial charge in [0.25, 0.3) is 0 Å². The van der Waals surface area contributed by atoms with Crippen LogP contribution in [0.2, 0.25) is 0 Å². The molecule has 1 aromatic carbocycles. The third-order valence-electron chi connectivity index (χ3n) is 16.6. The van der Waals surface area contributed by atoms with Crippen LogP contribution in [-0.4, -0.2) is 46.1 Å². The number of ether oxygens (including phenoxy) is 3. The van der Waals surface area contributed by atoms with Crippen LogP contribution in [0, 0.1) is 0 Å². The Morgan fingerprint density at radius 1 is 0.366 bits per heavy atom. The smallest absolute Gasteiger partial charge is 0.177 e. The van der Waals surface area contributed by atoms with E-state index in [-0.39, 0.29) is 0 Å². The first-order valence-electron chi connectivity index (χ1n) is 34.4. The fourth-order valence-electron chi connectivity index (χ4n) is 11.7. The Morgan fingerprint density at radius 2 is 0.732 bits per heavy atom. The van der Waals surface area contributed by atoms with Crippen molar-refractivity contribution in [3.63, 3.8) is 0 Å². The van der Waals surface area contributed by atoms with Crippen molar-refractivity contribution >= 4 is 46.4 Å². The number of nitrogens with one attached hydrogen (secondary N) is 1. The van der Waals surface area contributed by atoms with Crippen LogP contribution in [0.15, 0.2) is 54.6 Å². The Kier molecular flexibility index (Phi) is 33.8. The van der Waals surface area contributed by atoms with Gasteiger partial charge in [-0.1, -0.05) is 283 Å². The maximum atomic E-state index is 7.41. The minimum atomic E-state index is 0.556. The zero-order chi connectivity index (χ0) is 57.3. The summed E-state index contributed by atoms with van der Waals surface area (Å²) in [5, 5.41) is 0. The Bertz CT molecular complexity index is 2540. The topological polar surface area (TPSA) is 83.4 Å². The molecule has 5 heterocycles. The van der Waals surface area contributed by atoms with Gasteiger partial charge in [0.1, 0.15) is 17.9 Å². The van der Waals surface area contributed by atoms with Gasteiger partial charge in [-0.2, -0.15) is 4.73 Å². The van der Waals surface area contributed by atoms with E-state index < -0.39 is 0 Å². The molecule has 0 amide bonds. The monoisotopic (exact) mass is 1120 g/mol. The highest BCUT2D eigenvalue weighted by Gasteiger charge is 2.27. The van der Waals surface area contributed by atoms with Gasteiger partial charge >= 0.3 is 0 Å². The second kappa shape index (κ2) is 41.9. The molecule has 0 unspecified atom stereocenters. The first kappa shape index (κ1) is 66.2. The molecule has 82 heavy (non-hydrogen) atoms. The number of rotatable bonds is 49. The standard InChI is InChI=1S/C74H114N4O4/c1-5-9-13-17-21-25-29-33-37-44-54-79-69-61-67-59-65-51-50-63(75-65)58-64-52-53-66(76-64)60-68-70(62-48-42-41-43-49-62)73(80-55-45-38-34-30-26-22-18-14-10-6-2)72(78(68)82-57-47-40-36-32-28-24-20-16-12-8-4)74(71(69)77-67)81-56-46-39-35-31-27-23-19-15-11-7-3/h41-43,48-53,58-61,77H,5-40,44-47,54-57H2,1-4H3. The molecular formula is C74H114N4O4. The van der Waals surface area contributed by atoms with Gasteiger partial charge in [0, 0.05) is 11.6 Å². The van der Waals surface area contributed by atoms with E-state index in [0.29, 0.717) is 32.2 Å². The van der Waals surface area contributed by atoms with E-state index in [0.717, 1.165) is 119 Å². The largest absolute Gasteiger partial charge is 0.491 e. The van der Waals surface area contributed by atoms with Gasteiger partial charge in [-0.3, -0.25) is 0 Å². The van der Waals surface area contributed by atoms with Crippen molar-refractivity contribution < 1.29 is 19.0 Å². The van der Waals surface area contributed by atoms with Crippen molar-refractivity contribution in [3.8, 4) is 28.4 Å². The first-order valence-corrected chi connectivity index (χ1v) is 34.4. The lowest BCUT2D eigenvalue weighted by molar-refractivity contribution is 0.123. The average Bonchev–Trinajstić information content (AvgIpc) is 3.05. The fraction of sp³-hybridized carbons (Fsp3) is 0.649. The van der Waals surface area contributed by atoms with Crippen LogP contribution >= 0.6 is 0 Å². The van der Waals surface area contributed by atoms with Gasteiger partial charge in [-0.25, -0.2) is 9.97 Å². The van der Waals surface area contributed by atoms with Gasteiger partial charge in [0.05, 0.1) is 53.7 Å². The zero-order valence-electron chi connectivity index (χ0n) is 52.6. The third-order valence-corrected chi connectivity index (χ3v) is 16.6. The maximum Gasteiger partial charge on any atom is 0.177 e. The lowest BCUT2D eigenvalue weighted by Gasteiger charge is -2.15. The molecule has 0 saturated carbocycles. The van der Waals surface area contributed by atoms with Gasteiger partial charge < -0.3 is 24.0 Å². The molecule has 1 N–H and O–H groups in total. The molecule has 6 rings (SSSR count). The summed E-state index contributed by atoms with van der Waals surface area (Å²) in [7, 11) is 0. The van der Waals surface area contributed by atoms with Crippen LogP contribution in [0.4, 0.5) is 0 Å². The number of unbranched alkanes of at least 4 members (excludes halogenated alkanes) is 36.